The highest BCUT2D eigenvalue weighted by atomic mass is 32.2. The summed E-state index contributed by atoms with van der Waals surface area (Å²) in [6, 6.07) is 1.98. The first-order chi connectivity index (χ1) is 15.2. The van der Waals surface area contributed by atoms with Crippen molar-refractivity contribution >= 4 is 29.4 Å². The van der Waals surface area contributed by atoms with Crippen molar-refractivity contribution in [3.63, 3.8) is 0 Å². The average molecular weight is 448 g/mol. The molecule has 2 amide bonds. The van der Waals surface area contributed by atoms with Crippen LogP contribution in [0.15, 0.2) is 16.1 Å². The molecule has 0 saturated carbocycles. The molecule has 0 aromatic heterocycles. The van der Waals surface area contributed by atoms with Crippen molar-refractivity contribution in [2.24, 2.45) is 10.9 Å². The Bertz CT molecular complexity index is 796. The fourth-order valence-corrected chi connectivity index (χ4v) is 5.06. The minimum atomic E-state index is -0.340. The summed E-state index contributed by atoms with van der Waals surface area (Å²) in [7, 11) is 0. The van der Waals surface area contributed by atoms with Gasteiger partial charge in [-0.25, -0.2) is 0 Å². The molecule has 11 nitrogen and oxygen atoms in total. The first-order valence-corrected chi connectivity index (χ1v) is 11.7. The number of piperidine rings is 1. The standard InChI is InChI=1S/C19H29N9O2S/c20-8-12-1-2-21-13(7-12)18(29)22-3-4-23-19(30)14-9-28(5-6-31-14)17-15-16(25-10-24-15)26-11-27-17/h9,12-13,15-16,21,24-26H,1-7,10-11H2,(H,22,29)(H,23,30). The first kappa shape index (κ1) is 22.0. The van der Waals surface area contributed by atoms with Gasteiger partial charge in [0, 0.05) is 44.2 Å². The van der Waals surface area contributed by atoms with Crippen LogP contribution in [0.25, 0.3) is 0 Å². The van der Waals surface area contributed by atoms with E-state index in [1.165, 1.54) is 11.8 Å². The molecule has 4 aliphatic rings. The maximum atomic E-state index is 12.6. The molecule has 31 heavy (non-hydrogen) atoms. The van der Waals surface area contributed by atoms with Gasteiger partial charge in [-0.05, 0) is 19.4 Å². The number of amidine groups is 1. The Balaban J connectivity index is 1.23. The molecule has 2 fully saturated rings. The van der Waals surface area contributed by atoms with E-state index in [1.54, 1.807) is 0 Å². The zero-order chi connectivity index (χ0) is 21.6. The fraction of sp³-hybridized carbons (Fsp3) is 0.684. The smallest absolute Gasteiger partial charge is 0.259 e. The molecular weight excluding hydrogens is 418 g/mol. The molecule has 4 heterocycles. The van der Waals surface area contributed by atoms with Gasteiger partial charge < -0.3 is 20.9 Å². The molecule has 12 heteroatoms. The molecule has 4 aliphatic heterocycles. The van der Waals surface area contributed by atoms with Crippen molar-refractivity contribution in [3.8, 4) is 6.07 Å². The summed E-state index contributed by atoms with van der Waals surface area (Å²) in [4.78, 5) is 32.2. The van der Waals surface area contributed by atoms with Crippen LogP contribution in [-0.2, 0) is 9.59 Å². The monoisotopic (exact) mass is 447 g/mol. The van der Waals surface area contributed by atoms with E-state index < -0.39 is 0 Å². The van der Waals surface area contributed by atoms with Crippen molar-refractivity contribution in [1.29, 1.82) is 5.26 Å². The highest BCUT2D eigenvalue weighted by Crippen LogP contribution is 2.23. The molecule has 0 spiro atoms. The second kappa shape index (κ2) is 10.4. The van der Waals surface area contributed by atoms with E-state index in [-0.39, 0.29) is 36.0 Å². The normalized spacial score (nSPS) is 30.5. The van der Waals surface area contributed by atoms with Crippen LogP contribution in [0.5, 0.6) is 0 Å². The second-order valence-corrected chi connectivity index (χ2v) is 8.99. The number of nitrogens with zero attached hydrogens (tertiary/aromatic N) is 3. The summed E-state index contributed by atoms with van der Waals surface area (Å²) in [6.45, 7) is 3.44. The van der Waals surface area contributed by atoms with Gasteiger partial charge in [-0.15, -0.1) is 11.8 Å². The van der Waals surface area contributed by atoms with E-state index in [0.717, 1.165) is 31.2 Å². The Morgan fingerprint density at radius 3 is 3.00 bits per heavy atom. The lowest BCUT2D eigenvalue weighted by molar-refractivity contribution is -0.124. The van der Waals surface area contributed by atoms with Gasteiger partial charge >= 0.3 is 0 Å². The molecule has 4 unspecified atom stereocenters. The van der Waals surface area contributed by atoms with E-state index in [1.807, 2.05) is 6.20 Å². The second-order valence-electron chi connectivity index (χ2n) is 7.86. The van der Waals surface area contributed by atoms with Crippen LogP contribution >= 0.6 is 11.8 Å². The van der Waals surface area contributed by atoms with Crippen LogP contribution in [0.1, 0.15) is 12.8 Å². The molecule has 0 aromatic rings. The number of hydrogen-bond donors (Lipinski definition) is 6. The third-order valence-corrected chi connectivity index (χ3v) is 6.79. The minimum Gasteiger partial charge on any atom is -0.353 e. The van der Waals surface area contributed by atoms with Crippen LogP contribution < -0.4 is 31.9 Å². The Morgan fingerprint density at radius 1 is 1.26 bits per heavy atom. The average Bonchev–Trinajstić information content (AvgIpc) is 3.30. The number of nitriles is 1. The lowest BCUT2D eigenvalue weighted by atomic mass is 9.93. The van der Waals surface area contributed by atoms with Gasteiger partial charge in [-0.3, -0.25) is 30.5 Å². The molecule has 6 N–H and O–H groups in total. The molecule has 168 valence electrons. The number of aliphatic imine (C=N–C) groups is 1. The molecule has 0 aromatic carbocycles. The molecule has 2 saturated heterocycles. The van der Waals surface area contributed by atoms with Crippen LogP contribution in [0.2, 0.25) is 0 Å². The van der Waals surface area contributed by atoms with Gasteiger partial charge in [0.2, 0.25) is 5.91 Å². The Kier molecular flexibility index (Phi) is 7.41. The van der Waals surface area contributed by atoms with Gasteiger partial charge in [0.1, 0.15) is 5.84 Å². The Labute approximate surface area is 185 Å². The van der Waals surface area contributed by atoms with E-state index in [0.29, 0.717) is 37.6 Å². The summed E-state index contributed by atoms with van der Waals surface area (Å²) in [5.74, 6) is 1.41. The van der Waals surface area contributed by atoms with Gasteiger partial charge in [-0.2, -0.15) is 5.26 Å². The molecular formula is C19H29N9O2S. The number of nitrogens with one attached hydrogen (secondary N) is 6. The Hall–Kier alpha value is -2.17. The summed E-state index contributed by atoms with van der Waals surface area (Å²) < 4.78 is 0. The maximum Gasteiger partial charge on any atom is 0.259 e. The van der Waals surface area contributed by atoms with Crippen molar-refractivity contribution in [2.75, 3.05) is 45.3 Å². The number of carbonyl (C=O) groups excluding carboxylic acids is 2. The zero-order valence-electron chi connectivity index (χ0n) is 17.3. The molecule has 0 bridgehead atoms. The van der Waals surface area contributed by atoms with Crippen molar-refractivity contribution in [3.05, 3.63) is 11.1 Å². The topological polar surface area (TPSA) is 146 Å². The molecule has 4 atom stereocenters. The highest BCUT2D eigenvalue weighted by Gasteiger charge is 2.36. The van der Waals surface area contributed by atoms with E-state index >= 15 is 0 Å². The number of fused-ring (bicyclic) bond motifs is 1. The number of amides is 2. The number of rotatable bonds is 5. The lowest BCUT2D eigenvalue weighted by Crippen LogP contribution is -2.57. The highest BCUT2D eigenvalue weighted by molar-refractivity contribution is 8.04. The number of thioether (sulfide) groups is 1. The van der Waals surface area contributed by atoms with Crippen LogP contribution in [-0.4, -0.2) is 86.1 Å². The minimum absolute atomic E-state index is 0.0787. The first-order valence-electron chi connectivity index (χ1n) is 10.7. The predicted octanol–water partition coefficient (Wildman–Crippen LogP) is -2.20. The number of hydrogen-bond acceptors (Lipinski definition) is 10. The molecule has 0 radical (unpaired) electrons. The van der Waals surface area contributed by atoms with Gasteiger partial charge in [0.15, 0.2) is 0 Å². The summed E-state index contributed by atoms with van der Waals surface area (Å²) in [6.07, 6.45) is 3.33. The van der Waals surface area contributed by atoms with Crippen LogP contribution in [0.4, 0.5) is 0 Å². The maximum absolute atomic E-state index is 12.6. The quantitative estimate of drug-likeness (QED) is 0.259. The van der Waals surface area contributed by atoms with E-state index in [4.69, 9.17) is 5.26 Å². The number of carbonyl (C=O) groups is 2. The van der Waals surface area contributed by atoms with Gasteiger partial charge in [0.05, 0.1) is 35.9 Å². The third-order valence-electron chi connectivity index (χ3n) is 5.80. The summed E-state index contributed by atoms with van der Waals surface area (Å²) in [5.41, 5.74) is 0. The van der Waals surface area contributed by atoms with Crippen LogP contribution in [0.3, 0.4) is 0 Å². The van der Waals surface area contributed by atoms with Gasteiger partial charge in [-0.1, -0.05) is 0 Å². The SMILES string of the molecule is N#CC1CCNC(C(=O)NCCNC(=O)C2=CN(C3=NCNC4NCNC34)CCS2)C1. The lowest BCUT2D eigenvalue weighted by Gasteiger charge is -2.34. The van der Waals surface area contributed by atoms with Crippen molar-refractivity contribution in [2.45, 2.75) is 31.1 Å². The van der Waals surface area contributed by atoms with Crippen LogP contribution in [0, 0.1) is 17.2 Å². The van der Waals surface area contributed by atoms with E-state index in [9.17, 15) is 9.59 Å². The summed E-state index contributed by atoms with van der Waals surface area (Å²) in [5, 5.41) is 28.0. The predicted molar refractivity (Wildman–Crippen MR) is 118 cm³/mol. The summed E-state index contributed by atoms with van der Waals surface area (Å²) >= 11 is 1.53. The van der Waals surface area contributed by atoms with E-state index in [2.05, 4.69) is 47.9 Å². The molecule has 0 aliphatic carbocycles. The largest absolute Gasteiger partial charge is 0.353 e. The molecule has 4 rings (SSSR count). The third kappa shape index (κ3) is 5.36. The zero-order valence-corrected chi connectivity index (χ0v) is 18.1. The fourth-order valence-electron chi connectivity index (χ4n) is 4.15. The Morgan fingerprint density at radius 2 is 2.13 bits per heavy atom. The van der Waals surface area contributed by atoms with Crippen molar-refractivity contribution in [1.82, 2.24) is 36.8 Å². The van der Waals surface area contributed by atoms with Crippen molar-refractivity contribution < 1.29 is 9.59 Å². The van der Waals surface area contributed by atoms with Gasteiger partial charge in [0.25, 0.3) is 5.91 Å².